The van der Waals surface area contributed by atoms with Crippen LogP contribution in [0.2, 0.25) is 0 Å². The van der Waals surface area contributed by atoms with Crippen LogP contribution in [0.4, 0.5) is 0 Å². The molecular formula is C9H10N2O. The van der Waals surface area contributed by atoms with Gasteiger partial charge in [-0.15, -0.1) is 0 Å². The maximum absolute atomic E-state index is 10.9. The van der Waals surface area contributed by atoms with Gasteiger partial charge in [0.25, 0.3) is 0 Å². The molecule has 0 aromatic carbocycles. The molecule has 62 valence electrons. The van der Waals surface area contributed by atoms with Crippen molar-refractivity contribution in [3.8, 4) is 0 Å². The standard InChI is InChI=1S/C9H10N2O/c10-9(12)7-4-6-11-5-2-1-3-8(7)11/h1-8H,(H2,10,12). The Hall–Kier alpha value is -1.51. The highest BCUT2D eigenvalue weighted by molar-refractivity contribution is 5.80. The average molecular weight is 162 g/mol. The smallest absolute Gasteiger partial charge is 0.226 e. The van der Waals surface area contributed by atoms with Gasteiger partial charge in [0.1, 0.15) is 0 Å². The van der Waals surface area contributed by atoms with E-state index in [4.69, 9.17) is 5.73 Å². The number of fused-ring (bicyclic) bond motifs is 1. The third-order valence-electron chi connectivity index (χ3n) is 2.18. The fraction of sp³-hybridized carbons (Fsp3) is 0.222. The molecule has 0 saturated carbocycles. The zero-order chi connectivity index (χ0) is 8.55. The third-order valence-corrected chi connectivity index (χ3v) is 2.18. The lowest BCUT2D eigenvalue weighted by Crippen LogP contribution is -2.35. The molecule has 0 radical (unpaired) electrons. The number of carbonyl (C=O) groups is 1. The number of nitrogens with zero attached hydrogens (tertiary/aromatic N) is 1. The van der Waals surface area contributed by atoms with Crippen LogP contribution in [0.1, 0.15) is 0 Å². The summed E-state index contributed by atoms with van der Waals surface area (Å²) in [5.74, 6) is -0.440. The van der Waals surface area contributed by atoms with Crippen molar-refractivity contribution in [3.63, 3.8) is 0 Å². The maximum atomic E-state index is 10.9. The predicted molar refractivity (Wildman–Crippen MR) is 45.7 cm³/mol. The van der Waals surface area contributed by atoms with E-state index in [0.29, 0.717) is 0 Å². The maximum Gasteiger partial charge on any atom is 0.226 e. The van der Waals surface area contributed by atoms with Crippen LogP contribution in [0.3, 0.4) is 0 Å². The molecule has 0 fully saturated rings. The molecule has 3 nitrogen and oxygen atoms in total. The first kappa shape index (κ1) is 7.16. The SMILES string of the molecule is NC(=O)C1C=CN2C=CC=CC12. The normalized spacial score (nSPS) is 30.8. The molecule has 2 aliphatic heterocycles. The van der Waals surface area contributed by atoms with Gasteiger partial charge in [-0.2, -0.15) is 0 Å². The van der Waals surface area contributed by atoms with Crippen LogP contribution >= 0.6 is 0 Å². The van der Waals surface area contributed by atoms with Crippen molar-refractivity contribution in [2.45, 2.75) is 6.04 Å². The first-order chi connectivity index (χ1) is 5.79. The summed E-state index contributed by atoms with van der Waals surface area (Å²) in [7, 11) is 0. The Bertz CT molecular complexity index is 291. The van der Waals surface area contributed by atoms with Crippen molar-refractivity contribution < 1.29 is 4.79 Å². The van der Waals surface area contributed by atoms with E-state index in [-0.39, 0.29) is 17.9 Å². The van der Waals surface area contributed by atoms with Gasteiger partial charge in [0.2, 0.25) is 5.91 Å². The molecule has 2 atom stereocenters. The summed E-state index contributed by atoms with van der Waals surface area (Å²) in [5.41, 5.74) is 5.23. The molecular weight excluding hydrogens is 152 g/mol. The number of hydrogen-bond acceptors (Lipinski definition) is 2. The minimum absolute atomic E-state index is 0.104. The Balaban J connectivity index is 2.24. The molecule has 0 spiro atoms. The van der Waals surface area contributed by atoms with E-state index >= 15 is 0 Å². The van der Waals surface area contributed by atoms with Crippen LogP contribution in [-0.4, -0.2) is 16.8 Å². The minimum Gasteiger partial charge on any atom is -0.369 e. The topological polar surface area (TPSA) is 46.3 Å². The van der Waals surface area contributed by atoms with Crippen molar-refractivity contribution in [1.82, 2.24) is 4.90 Å². The lowest BCUT2D eigenvalue weighted by atomic mass is 10.00. The molecule has 0 bridgehead atoms. The van der Waals surface area contributed by atoms with E-state index in [2.05, 4.69) is 0 Å². The van der Waals surface area contributed by atoms with Gasteiger partial charge >= 0.3 is 0 Å². The van der Waals surface area contributed by atoms with Gasteiger partial charge in [0.15, 0.2) is 0 Å². The van der Waals surface area contributed by atoms with Gasteiger partial charge in [-0.1, -0.05) is 18.2 Å². The van der Waals surface area contributed by atoms with E-state index in [9.17, 15) is 4.79 Å². The van der Waals surface area contributed by atoms with E-state index in [0.717, 1.165) is 0 Å². The highest BCUT2D eigenvalue weighted by atomic mass is 16.1. The van der Waals surface area contributed by atoms with Gasteiger partial charge < -0.3 is 10.6 Å². The molecule has 2 N–H and O–H groups in total. The van der Waals surface area contributed by atoms with Crippen molar-refractivity contribution in [2.75, 3.05) is 0 Å². The van der Waals surface area contributed by atoms with Crippen LogP contribution in [0.5, 0.6) is 0 Å². The first-order valence-electron chi connectivity index (χ1n) is 3.89. The molecule has 2 aliphatic rings. The van der Waals surface area contributed by atoms with Gasteiger partial charge in [-0.05, 0) is 6.08 Å². The van der Waals surface area contributed by atoms with E-state index < -0.39 is 0 Å². The minimum atomic E-state index is -0.265. The largest absolute Gasteiger partial charge is 0.369 e. The predicted octanol–water partition coefficient (Wildman–Crippen LogP) is 0.369. The van der Waals surface area contributed by atoms with Crippen LogP contribution in [-0.2, 0) is 4.79 Å². The van der Waals surface area contributed by atoms with Crippen LogP contribution in [0.15, 0.2) is 36.7 Å². The number of primary amides is 1. The Kier molecular flexibility index (Phi) is 1.50. The number of amides is 1. The number of carbonyl (C=O) groups excluding carboxylic acids is 1. The van der Waals surface area contributed by atoms with E-state index in [1.165, 1.54) is 0 Å². The summed E-state index contributed by atoms with van der Waals surface area (Å²) in [6, 6.07) is 0.104. The van der Waals surface area contributed by atoms with Crippen molar-refractivity contribution >= 4 is 5.91 Å². The molecule has 3 heteroatoms. The monoisotopic (exact) mass is 162 g/mol. The molecule has 2 unspecified atom stereocenters. The average Bonchev–Trinajstić information content (AvgIpc) is 2.47. The second kappa shape index (κ2) is 2.52. The fourth-order valence-electron chi connectivity index (χ4n) is 1.55. The number of rotatable bonds is 1. The first-order valence-corrected chi connectivity index (χ1v) is 3.89. The second-order valence-corrected chi connectivity index (χ2v) is 2.93. The van der Waals surface area contributed by atoms with Crippen LogP contribution in [0, 0.1) is 5.92 Å². The molecule has 2 rings (SSSR count). The molecule has 0 aromatic rings. The summed E-state index contributed by atoms with van der Waals surface area (Å²) < 4.78 is 0. The second-order valence-electron chi connectivity index (χ2n) is 2.93. The highest BCUT2D eigenvalue weighted by Gasteiger charge is 2.30. The van der Waals surface area contributed by atoms with Gasteiger partial charge in [0, 0.05) is 12.4 Å². The quantitative estimate of drug-likeness (QED) is 0.605. The number of hydrogen-bond donors (Lipinski definition) is 1. The van der Waals surface area contributed by atoms with Crippen molar-refractivity contribution in [2.24, 2.45) is 11.7 Å². The molecule has 2 heterocycles. The summed E-state index contributed by atoms with van der Waals surface area (Å²) in [5, 5.41) is 0. The Labute approximate surface area is 70.8 Å². The van der Waals surface area contributed by atoms with E-state index in [1.54, 1.807) is 0 Å². The Morgan fingerprint density at radius 1 is 1.25 bits per heavy atom. The summed E-state index contributed by atoms with van der Waals surface area (Å²) >= 11 is 0. The molecule has 12 heavy (non-hydrogen) atoms. The lowest BCUT2D eigenvalue weighted by molar-refractivity contribution is -0.120. The fourth-order valence-corrected chi connectivity index (χ4v) is 1.55. The molecule has 0 aliphatic carbocycles. The van der Waals surface area contributed by atoms with Gasteiger partial charge in [-0.3, -0.25) is 4.79 Å². The summed E-state index contributed by atoms with van der Waals surface area (Å²) in [4.78, 5) is 12.9. The van der Waals surface area contributed by atoms with Crippen molar-refractivity contribution in [3.05, 3.63) is 36.7 Å². The van der Waals surface area contributed by atoms with Gasteiger partial charge in [0.05, 0.1) is 12.0 Å². The van der Waals surface area contributed by atoms with Crippen LogP contribution in [0.25, 0.3) is 0 Å². The highest BCUT2D eigenvalue weighted by Crippen LogP contribution is 2.24. The molecule has 1 amide bonds. The third kappa shape index (κ3) is 0.942. The van der Waals surface area contributed by atoms with Crippen molar-refractivity contribution in [1.29, 1.82) is 0 Å². The molecule has 0 saturated heterocycles. The molecule has 0 aromatic heterocycles. The van der Waals surface area contributed by atoms with Crippen LogP contribution < -0.4 is 5.73 Å². The summed E-state index contributed by atoms with van der Waals surface area (Å²) in [6.45, 7) is 0. The number of nitrogens with two attached hydrogens (primary N) is 1. The lowest BCUT2D eigenvalue weighted by Gasteiger charge is -2.24. The zero-order valence-electron chi connectivity index (χ0n) is 6.55. The zero-order valence-corrected chi connectivity index (χ0v) is 6.55. The summed E-state index contributed by atoms with van der Waals surface area (Å²) in [6.07, 6.45) is 11.5. The Morgan fingerprint density at radius 2 is 2.08 bits per heavy atom. The van der Waals surface area contributed by atoms with Gasteiger partial charge in [-0.25, -0.2) is 0 Å². The van der Waals surface area contributed by atoms with E-state index in [1.807, 2.05) is 41.6 Å². The number of allylic oxidation sites excluding steroid dienone is 2. The Morgan fingerprint density at radius 3 is 2.83 bits per heavy atom.